The summed E-state index contributed by atoms with van der Waals surface area (Å²) >= 11 is 0. The molecule has 2 rings (SSSR count). The summed E-state index contributed by atoms with van der Waals surface area (Å²) in [6.07, 6.45) is 3.83. The molecule has 2 heterocycles. The molecule has 0 aromatic carbocycles. The minimum absolute atomic E-state index is 0.207. The lowest BCUT2D eigenvalue weighted by atomic mass is 10.2. The van der Waals surface area contributed by atoms with Gasteiger partial charge in [0.15, 0.2) is 0 Å². The standard InChI is InChI=1S/C14H27N3O2/c1-11(2)15-13(14(18)19)10-16-8-5-12(9-16)17-6-3-4-7-17/h11-13,15H,3-10H2,1-2H3,(H,18,19). The van der Waals surface area contributed by atoms with Gasteiger partial charge in [0.05, 0.1) is 0 Å². The number of rotatable bonds is 6. The van der Waals surface area contributed by atoms with Gasteiger partial charge in [0.25, 0.3) is 0 Å². The summed E-state index contributed by atoms with van der Waals surface area (Å²) in [6.45, 7) is 9.13. The van der Waals surface area contributed by atoms with Crippen LogP contribution >= 0.6 is 0 Å². The molecule has 0 spiro atoms. The molecule has 2 N–H and O–H groups in total. The van der Waals surface area contributed by atoms with E-state index in [2.05, 4.69) is 15.1 Å². The van der Waals surface area contributed by atoms with Crippen molar-refractivity contribution in [3.8, 4) is 0 Å². The Morgan fingerprint density at radius 1 is 1.32 bits per heavy atom. The van der Waals surface area contributed by atoms with E-state index in [1.807, 2.05) is 13.8 Å². The first-order chi connectivity index (χ1) is 9.06. The molecule has 5 heteroatoms. The van der Waals surface area contributed by atoms with Crippen molar-refractivity contribution in [1.82, 2.24) is 15.1 Å². The summed E-state index contributed by atoms with van der Waals surface area (Å²) in [7, 11) is 0. The highest BCUT2D eigenvalue weighted by Crippen LogP contribution is 2.20. The predicted octanol–water partition coefficient (Wildman–Crippen LogP) is 0.608. The number of carboxylic acid groups (broad SMARTS) is 1. The van der Waals surface area contributed by atoms with Gasteiger partial charge in [-0.05, 0) is 38.9 Å². The maximum Gasteiger partial charge on any atom is 0.322 e. The molecule has 0 saturated carbocycles. The second kappa shape index (κ2) is 6.68. The Morgan fingerprint density at radius 3 is 2.58 bits per heavy atom. The van der Waals surface area contributed by atoms with Gasteiger partial charge < -0.3 is 10.4 Å². The molecule has 0 amide bonds. The van der Waals surface area contributed by atoms with E-state index in [1.165, 1.54) is 32.4 Å². The zero-order chi connectivity index (χ0) is 13.8. The lowest BCUT2D eigenvalue weighted by Gasteiger charge is -2.26. The van der Waals surface area contributed by atoms with Crippen LogP contribution in [-0.4, -0.2) is 71.7 Å². The average Bonchev–Trinajstić information content (AvgIpc) is 2.97. The second-order valence-corrected chi connectivity index (χ2v) is 6.16. The fraction of sp³-hybridized carbons (Fsp3) is 0.929. The van der Waals surface area contributed by atoms with Crippen molar-refractivity contribution < 1.29 is 9.90 Å². The fourth-order valence-electron chi connectivity index (χ4n) is 3.25. The summed E-state index contributed by atoms with van der Waals surface area (Å²) < 4.78 is 0. The Balaban J connectivity index is 1.80. The summed E-state index contributed by atoms with van der Waals surface area (Å²) in [5.74, 6) is -0.738. The number of aliphatic carboxylic acids is 1. The topological polar surface area (TPSA) is 55.8 Å². The Bertz CT molecular complexity index is 303. The van der Waals surface area contributed by atoms with Gasteiger partial charge in [-0.15, -0.1) is 0 Å². The molecule has 0 aromatic heterocycles. The third-order valence-corrected chi connectivity index (χ3v) is 4.18. The summed E-state index contributed by atoms with van der Waals surface area (Å²) in [6, 6.07) is 0.409. The van der Waals surface area contributed by atoms with E-state index in [4.69, 9.17) is 0 Å². The van der Waals surface area contributed by atoms with Crippen molar-refractivity contribution in [2.75, 3.05) is 32.7 Å². The van der Waals surface area contributed by atoms with Gasteiger partial charge in [0, 0.05) is 25.2 Å². The van der Waals surface area contributed by atoms with Crippen molar-refractivity contribution in [2.45, 2.75) is 51.2 Å². The quantitative estimate of drug-likeness (QED) is 0.740. The molecule has 19 heavy (non-hydrogen) atoms. The van der Waals surface area contributed by atoms with Crippen LogP contribution in [0.3, 0.4) is 0 Å². The van der Waals surface area contributed by atoms with Gasteiger partial charge in [0.2, 0.25) is 0 Å². The van der Waals surface area contributed by atoms with Gasteiger partial charge in [-0.3, -0.25) is 14.6 Å². The molecule has 0 aliphatic carbocycles. The molecule has 2 fully saturated rings. The largest absolute Gasteiger partial charge is 0.480 e. The molecule has 2 atom stereocenters. The predicted molar refractivity (Wildman–Crippen MR) is 75.3 cm³/mol. The molecule has 0 aromatic rings. The van der Waals surface area contributed by atoms with Crippen LogP contribution in [0.25, 0.3) is 0 Å². The molecule has 0 radical (unpaired) electrons. The van der Waals surface area contributed by atoms with Gasteiger partial charge in [-0.1, -0.05) is 13.8 Å². The van der Waals surface area contributed by atoms with E-state index in [-0.39, 0.29) is 6.04 Å². The number of nitrogens with one attached hydrogen (secondary N) is 1. The van der Waals surface area contributed by atoms with Crippen LogP contribution in [0.15, 0.2) is 0 Å². The number of nitrogens with zero attached hydrogens (tertiary/aromatic N) is 2. The van der Waals surface area contributed by atoms with E-state index < -0.39 is 12.0 Å². The normalized spacial score (nSPS) is 27.2. The first-order valence-electron chi connectivity index (χ1n) is 7.51. The first kappa shape index (κ1) is 14.8. The highest BCUT2D eigenvalue weighted by molar-refractivity contribution is 5.73. The third kappa shape index (κ3) is 4.16. The Kier molecular flexibility index (Phi) is 5.19. The number of likely N-dealkylation sites (tertiary alicyclic amines) is 2. The van der Waals surface area contributed by atoms with Crippen molar-refractivity contribution >= 4 is 5.97 Å². The van der Waals surface area contributed by atoms with Crippen molar-refractivity contribution in [2.24, 2.45) is 0 Å². The molecule has 2 saturated heterocycles. The molecular formula is C14H27N3O2. The smallest absolute Gasteiger partial charge is 0.322 e. The highest BCUT2D eigenvalue weighted by Gasteiger charge is 2.31. The maximum atomic E-state index is 11.3. The lowest BCUT2D eigenvalue weighted by molar-refractivity contribution is -0.140. The van der Waals surface area contributed by atoms with Crippen LogP contribution < -0.4 is 5.32 Å². The average molecular weight is 269 g/mol. The van der Waals surface area contributed by atoms with E-state index in [0.717, 1.165) is 13.1 Å². The fourth-order valence-corrected chi connectivity index (χ4v) is 3.25. The summed E-state index contributed by atoms with van der Waals surface area (Å²) in [5, 5.41) is 12.4. The van der Waals surface area contributed by atoms with E-state index in [0.29, 0.717) is 12.6 Å². The van der Waals surface area contributed by atoms with Crippen molar-refractivity contribution in [1.29, 1.82) is 0 Å². The molecule has 2 aliphatic rings. The monoisotopic (exact) mass is 269 g/mol. The Morgan fingerprint density at radius 2 is 2.00 bits per heavy atom. The van der Waals surface area contributed by atoms with E-state index in [9.17, 15) is 9.90 Å². The Labute approximate surface area is 115 Å². The van der Waals surface area contributed by atoms with Crippen LogP contribution in [0.4, 0.5) is 0 Å². The van der Waals surface area contributed by atoms with E-state index in [1.54, 1.807) is 0 Å². The molecule has 2 unspecified atom stereocenters. The molecule has 0 bridgehead atoms. The van der Waals surface area contributed by atoms with Crippen LogP contribution in [0.5, 0.6) is 0 Å². The zero-order valence-electron chi connectivity index (χ0n) is 12.1. The molecule has 5 nitrogen and oxygen atoms in total. The second-order valence-electron chi connectivity index (χ2n) is 6.16. The number of carbonyl (C=O) groups is 1. The summed E-state index contributed by atoms with van der Waals surface area (Å²) in [5.41, 5.74) is 0. The molecule has 110 valence electrons. The van der Waals surface area contributed by atoms with Gasteiger partial charge in [-0.25, -0.2) is 0 Å². The lowest BCUT2D eigenvalue weighted by Crippen LogP contribution is -2.48. The van der Waals surface area contributed by atoms with Gasteiger partial charge >= 0.3 is 5.97 Å². The summed E-state index contributed by atoms with van der Waals surface area (Å²) in [4.78, 5) is 16.1. The van der Waals surface area contributed by atoms with Crippen molar-refractivity contribution in [3.63, 3.8) is 0 Å². The van der Waals surface area contributed by atoms with Crippen LogP contribution in [-0.2, 0) is 4.79 Å². The Hall–Kier alpha value is -0.650. The maximum absolute atomic E-state index is 11.3. The van der Waals surface area contributed by atoms with Crippen LogP contribution in [0, 0.1) is 0 Å². The number of hydrogen-bond donors (Lipinski definition) is 2. The molecular weight excluding hydrogens is 242 g/mol. The minimum atomic E-state index is -0.738. The first-order valence-corrected chi connectivity index (χ1v) is 7.51. The number of carboxylic acids is 1. The molecule has 2 aliphatic heterocycles. The van der Waals surface area contributed by atoms with Gasteiger partial charge in [-0.2, -0.15) is 0 Å². The third-order valence-electron chi connectivity index (χ3n) is 4.18. The number of hydrogen-bond acceptors (Lipinski definition) is 4. The van der Waals surface area contributed by atoms with Crippen LogP contribution in [0.2, 0.25) is 0 Å². The zero-order valence-corrected chi connectivity index (χ0v) is 12.1. The minimum Gasteiger partial charge on any atom is -0.480 e. The SMILES string of the molecule is CC(C)NC(CN1CCC(N2CCCC2)C1)C(=O)O. The van der Waals surface area contributed by atoms with Crippen LogP contribution in [0.1, 0.15) is 33.1 Å². The highest BCUT2D eigenvalue weighted by atomic mass is 16.4. The van der Waals surface area contributed by atoms with Crippen molar-refractivity contribution in [3.05, 3.63) is 0 Å². The van der Waals surface area contributed by atoms with Gasteiger partial charge in [0.1, 0.15) is 6.04 Å². The van der Waals surface area contributed by atoms with E-state index >= 15 is 0 Å².